The molecule has 0 aliphatic carbocycles. The van der Waals surface area contributed by atoms with Crippen LogP contribution in [0.25, 0.3) is 0 Å². The average Bonchev–Trinajstić information content (AvgIpc) is 2.66. The van der Waals surface area contributed by atoms with Crippen LogP contribution < -0.4 is 5.32 Å². The van der Waals surface area contributed by atoms with E-state index in [1.165, 1.54) is 50.5 Å². The van der Waals surface area contributed by atoms with Crippen molar-refractivity contribution in [2.45, 2.75) is 24.2 Å². The summed E-state index contributed by atoms with van der Waals surface area (Å²) < 4.78 is 65.9. The van der Waals surface area contributed by atoms with Crippen LogP contribution in [0, 0.1) is 0 Å². The Morgan fingerprint density at radius 1 is 1.00 bits per heavy atom. The highest BCUT2D eigenvalue weighted by molar-refractivity contribution is 7.89. The number of rotatable bonds is 8. The number of carbonyl (C=O) groups excluding carboxylic acids is 1. The fourth-order valence-corrected chi connectivity index (χ4v) is 3.21. The molecule has 0 saturated carbocycles. The first kappa shape index (κ1) is 22.9. The summed E-state index contributed by atoms with van der Waals surface area (Å²) in [5, 5.41) is 2.70. The van der Waals surface area contributed by atoms with Crippen LogP contribution in [-0.2, 0) is 27.9 Å². The van der Waals surface area contributed by atoms with Gasteiger partial charge in [-0.25, -0.2) is 12.7 Å². The molecule has 158 valence electrons. The lowest BCUT2D eigenvalue weighted by Crippen LogP contribution is -2.23. The fourth-order valence-electron chi connectivity index (χ4n) is 2.31. The van der Waals surface area contributed by atoms with E-state index in [-0.39, 0.29) is 24.0 Å². The Balaban J connectivity index is 1.89. The Kier molecular flexibility index (Phi) is 7.39. The highest BCUT2D eigenvalue weighted by atomic mass is 32.2. The van der Waals surface area contributed by atoms with Crippen LogP contribution in [0.5, 0.6) is 0 Å². The Labute approximate surface area is 167 Å². The van der Waals surface area contributed by atoms with Gasteiger partial charge in [0.05, 0.1) is 11.5 Å². The molecule has 29 heavy (non-hydrogen) atoms. The van der Waals surface area contributed by atoms with E-state index in [1.54, 1.807) is 12.1 Å². The van der Waals surface area contributed by atoms with E-state index in [0.717, 1.165) is 4.31 Å². The van der Waals surface area contributed by atoms with Crippen LogP contribution in [0.15, 0.2) is 53.4 Å². The molecule has 1 amide bonds. The van der Waals surface area contributed by atoms with Crippen molar-refractivity contribution in [2.24, 2.45) is 0 Å². The molecule has 10 heteroatoms. The van der Waals surface area contributed by atoms with Crippen molar-refractivity contribution < 1.29 is 31.1 Å². The number of sulfonamides is 1. The summed E-state index contributed by atoms with van der Waals surface area (Å²) in [5.74, 6) is -0.363. The molecule has 0 bridgehead atoms. The third-order valence-corrected chi connectivity index (χ3v) is 5.73. The van der Waals surface area contributed by atoms with Gasteiger partial charge in [0.15, 0.2) is 0 Å². The second-order valence-electron chi connectivity index (χ2n) is 6.42. The quantitative estimate of drug-likeness (QED) is 0.699. The number of carbonyl (C=O) groups is 1. The summed E-state index contributed by atoms with van der Waals surface area (Å²) >= 11 is 0. The monoisotopic (exact) mass is 430 g/mol. The zero-order valence-corrected chi connectivity index (χ0v) is 16.7. The normalized spacial score (nSPS) is 12.2. The number of nitrogens with one attached hydrogen (secondary N) is 1. The van der Waals surface area contributed by atoms with E-state index >= 15 is 0 Å². The van der Waals surface area contributed by atoms with Crippen LogP contribution in [0.3, 0.4) is 0 Å². The molecule has 0 spiro atoms. The maximum atomic E-state index is 12.2. The highest BCUT2D eigenvalue weighted by Gasteiger charge is 2.27. The average molecular weight is 430 g/mol. The van der Waals surface area contributed by atoms with Gasteiger partial charge in [-0.05, 0) is 35.4 Å². The minimum atomic E-state index is -4.38. The standard InChI is InChI=1S/C19H21F3N2O4S/c1-24(2)29(26,27)17-9-5-14(6-10-17)11-23-18(25)16-7-3-15(4-8-16)12-28-13-19(20,21)22/h3-10H,11-13H2,1-2H3,(H,23,25). The van der Waals surface area contributed by atoms with Crippen molar-refractivity contribution in [2.75, 3.05) is 20.7 Å². The van der Waals surface area contributed by atoms with Crippen molar-refractivity contribution in [1.29, 1.82) is 0 Å². The maximum Gasteiger partial charge on any atom is 0.411 e. The second-order valence-corrected chi connectivity index (χ2v) is 8.57. The van der Waals surface area contributed by atoms with Crippen molar-refractivity contribution >= 4 is 15.9 Å². The zero-order chi connectivity index (χ0) is 21.7. The molecule has 0 atom stereocenters. The molecular weight excluding hydrogens is 409 g/mol. The van der Waals surface area contributed by atoms with Gasteiger partial charge >= 0.3 is 6.18 Å². The predicted octanol–water partition coefficient (Wildman–Crippen LogP) is 2.95. The molecule has 0 radical (unpaired) electrons. The molecule has 0 aromatic heterocycles. The fraction of sp³-hybridized carbons (Fsp3) is 0.316. The third-order valence-electron chi connectivity index (χ3n) is 3.91. The van der Waals surface area contributed by atoms with Crippen LogP contribution in [-0.4, -0.2) is 45.5 Å². The summed E-state index contributed by atoms with van der Waals surface area (Å²) in [6.45, 7) is -1.34. The van der Waals surface area contributed by atoms with Crippen molar-refractivity contribution in [1.82, 2.24) is 9.62 Å². The summed E-state index contributed by atoms with van der Waals surface area (Å²) in [6, 6.07) is 12.2. The largest absolute Gasteiger partial charge is 0.411 e. The number of ether oxygens (including phenoxy) is 1. The predicted molar refractivity (Wildman–Crippen MR) is 101 cm³/mol. The van der Waals surface area contributed by atoms with Gasteiger partial charge in [-0.2, -0.15) is 13.2 Å². The molecule has 0 aliphatic rings. The lowest BCUT2D eigenvalue weighted by Gasteiger charge is -2.12. The van der Waals surface area contributed by atoms with E-state index in [1.807, 2.05) is 0 Å². The van der Waals surface area contributed by atoms with Crippen LogP contribution in [0.4, 0.5) is 13.2 Å². The molecule has 1 N–H and O–H groups in total. The Hall–Kier alpha value is -2.43. The Bertz CT molecular complexity index is 925. The highest BCUT2D eigenvalue weighted by Crippen LogP contribution is 2.16. The summed E-state index contributed by atoms with van der Waals surface area (Å²) in [4.78, 5) is 12.4. The Morgan fingerprint density at radius 2 is 1.55 bits per heavy atom. The molecule has 2 rings (SSSR count). The van der Waals surface area contributed by atoms with E-state index in [9.17, 15) is 26.4 Å². The van der Waals surface area contributed by atoms with Gasteiger partial charge in [-0.1, -0.05) is 24.3 Å². The van der Waals surface area contributed by atoms with Gasteiger partial charge in [0.25, 0.3) is 5.91 Å². The molecule has 0 unspecified atom stereocenters. The second kappa shape index (κ2) is 9.38. The number of amides is 1. The molecule has 6 nitrogen and oxygen atoms in total. The van der Waals surface area contributed by atoms with Gasteiger partial charge in [0, 0.05) is 26.2 Å². The minimum Gasteiger partial charge on any atom is -0.367 e. The molecule has 0 saturated heterocycles. The first-order valence-corrected chi connectivity index (χ1v) is 9.96. The first-order valence-electron chi connectivity index (χ1n) is 8.52. The third kappa shape index (κ3) is 6.84. The number of hydrogen-bond donors (Lipinski definition) is 1. The van der Waals surface area contributed by atoms with Gasteiger partial charge < -0.3 is 10.1 Å². The van der Waals surface area contributed by atoms with E-state index in [2.05, 4.69) is 10.1 Å². The molecular formula is C19H21F3N2O4S. The smallest absolute Gasteiger partial charge is 0.367 e. The van der Waals surface area contributed by atoms with Gasteiger partial charge in [-0.15, -0.1) is 0 Å². The van der Waals surface area contributed by atoms with Gasteiger partial charge in [-0.3, -0.25) is 4.79 Å². The van der Waals surface area contributed by atoms with Crippen LogP contribution >= 0.6 is 0 Å². The molecule has 0 aliphatic heterocycles. The van der Waals surface area contributed by atoms with Gasteiger partial charge in [0.1, 0.15) is 6.61 Å². The van der Waals surface area contributed by atoms with Crippen molar-refractivity contribution in [3.8, 4) is 0 Å². The van der Waals surface area contributed by atoms with E-state index in [0.29, 0.717) is 16.7 Å². The minimum absolute atomic E-state index is 0.154. The topological polar surface area (TPSA) is 75.7 Å². The number of halogens is 3. The van der Waals surface area contributed by atoms with Gasteiger partial charge in [0.2, 0.25) is 10.0 Å². The van der Waals surface area contributed by atoms with Crippen molar-refractivity contribution in [3.63, 3.8) is 0 Å². The molecule has 2 aromatic carbocycles. The zero-order valence-electron chi connectivity index (χ0n) is 15.9. The number of alkyl halides is 3. The summed E-state index contributed by atoms with van der Waals surface area (Å²) in [7, 11) is -0.630. The molecule has 0 fully saturated rings. The lowest BCUT2D eigenvalue weighted by molar-refractivity contribution is -0.176. The number of benzene rings is 2. The summed E-state index contributed by atoms with van der Waals surface area (Å²) in [5.41, 5.74) is 1.58. The first-order chi connectivity index (χ1) is 13.5. The molecule has 0 heterocycles. The Morgan fingerprint density at radius 3 is 2.07 bits per heavy atom. The van der Waals surface area contributed by atoms with E-state index in [4.69, 9.17) is 0 Å². The maximum absolute atomic E-state index is 12.2. The van der Waals surface area contributed by atoms with Crippen LogP contribution in [0.1, 0.15) is 21.5 Å². The SMILES string of the molecule is CN(C)S(=O)(=O)c1ccc(CNC(=O)c2ccc(COCC(F)(F)F)cc2)cc1. The number of nitrogens with zero attached hydrogens (tertiary/aromatic N) is 1. The van der Waals surface area contributed by atoms with E-state index < -0.39 is 22.8 Å². The van der Waals surface area contributed by atoms with Crippen LogP contribution in [0.2, 0.25) is 0 Å². The number of hydrogen-bond acceptors (Lipinski definition) is 4. The molecule has 2 aromatic rings. The van der Waals surface area contributed by atoms with Crippen molar-refractivity contribution in [3.05, 3.63) is 65.2 Å². The lowest BCUT2D eigenvalue weighted by atomic mass is 10.1. The summed E-state index contributed by atoms with van der Waals surface area (Å²) in [6.07, 6.45) is -4.38.